The predicted molar refractivity (Wildman–Crippen MR) is 57.5 cm³/mol. The highest BCUT2D eigenvalue weighted by Gasteiger charge is 2.23. The molecule has 0 aromatic rings. The molecule has 1 heterocycles. The minimum atomic E-state index is 0.659. The van der Waals surface area contributed by atoms with E-state index in [1.807, 2.05) is 0 Å². The van der Waals surface area contributed by atoms with Gasteiger partial charge in [-0.15, -0.1) is 0 Å². The second kappa shape index (κ2) is 7.21. The summed E-state index contributed by atoms with van der Waals surface area (Å²) in [6.45, 7) is 2.73. The van der Waals surface area contributed by atoms with Crippen molar-refractivity contribution < 1.29 is 9.47 Å². The highest BCUT2D eigenvalue weighted by molar-refractivity contribution is 4.78. The maximum atomic E-state index is 5.50. The van der Waals surface area contributed by atoms with Gasteiger partial charge in [0.2, 0.25) is 0 Å². The second-order valence-corrected chi connectivity index (χ2v) is 4.01. The van der Waals surface area contributed by atoms with Gasteiger partial charge in [-0.1, -0.05) is 6.42 Å². The highest BCUT2D eigenvalue weighted by Crippen LogP contribution is 2.20. The average molecular weight is 201 g/mol. The van der Waals surface area contributed by atoms with Crippen molar-refractivity contribution >= 4 is 0 Å². The molecule has 0 aromatic carbocycles. The van der Waals surface area contributed by atoms with E-state index in [-0.39, 0.29) is 0 Å². The van der Waals surface area contributed by atoms with Crippen LogP contribution in [0, 0.1) is 5.92 Å². The number of rotatable bonds is 6. The maximum Gasteiger partial charge on any atom is 0.0509 e. The lowest BCUT2D eigenvalue weighted by Crippen LogP contribution is -2.40. The molecule has 1 rings (SSSR count). The van der Waals surface area contributed by atoms with E-state index in [2.05, 4.69) is 12.4 Å². The Hall–Kier alpha value is -0.120. The zero-order valence-corrected chi connectivity index (χ0v) is 9.42. The molecule has 1 fully saturated rings. The topological polar surface area (TPSA) is 30.5 Å². The first-order valence-corrected chi connectivity index (χ1v) is 5.62. The summed E-state index contributed by atoms with van der Waals surface area (Å²) in [6.07, 6.45) is 4.84. The summed E-state index contributed by atoms with van der Waals surface area (Å²) in [5.41, 5.74) is 0. The molecule has 1 N–H and O–H groups in total. The summed E-state index contributed by atoms with van der Waals surface area (Å²) < 4.78 is 10.5. The third kappa shape index (κ3) is 3.95. The fourth-order valence-corrected chi connectivity index (χ4v) is 2.11. The molecule has 1 saturated heterocycles. The van der Waals surface area contributed by atoms with Crippen molar-refractivity contribution in [1.82, 2.24) is 5.32 Å². The van der Waals surface area contributed by atoms with Crippen LogP contribution in [-0.2, 0) is 9.47 Å². The minimum Gasteiger partial charge on any atom is -0.385 e. The average Bonchev–Trinajstić information content (AvgIpc) is 2.25. The summed E-state index contributed by atoms with van der Waals surface area (Å²) in [5, 5.41) is 3.38. The molecule has 0 aromatic heterocycles. The third-order valence-corrected chi connectivity index (χ3v) is 3.02. The summed E-state index contributed by atoms with van der Waals surface area (Å²) >= 11 is 0. The molecule has 3 heteroatoms. The molecule has 0 radical (unpaired) electrons. The van der Waals surface area contributed by atoms with Gasteiger partial charge >= 0.3 is 0 Å². The first-order chi connectivity index (χ1) is 6.88. The molecular weight excluding hydrogens is 178 g/mol. The van der Waals surface area contributed by atoms with Crippen molar-refractivity contribution in [3.8, 4) is 0 Å². The Bertz CT molecular complexity index is 141. The summed E-state index contributed by atoms with van der Waals surface area (Å²) in [5.74, 6) is 0.700. The zero-order valence-electron chi connectivity index (χ0n) is 9.42. The van der Waals surface area contributed by atoms with Crippen LogP contribution in [0.25, 0.3) is 0 Å². The van der Waals surface area contributed by atoms with Crippen LogP contribution in [0.3, 0.4) is 0 Å². The van der Waals surface area contributed by atoms with Gasteiger partial charge in [-0.25, -0.2) is 0 Å². The van der Waals surface area contributed by atoms with Gasteiger partial charge in [-0.3, -0.25) is 0 Å². The Labute approximate surface area is 87.2 Å². The van der Waals surface area contributed by atoms with Gasteiger partial charge in [0.25, 0.3) is 0 Å². The maximum absolute atomic E-state index is 5.50. The molecule has 0 spiro atoms. The first kappa shape index (κ1) is 12.0. The SMILES string of the molecule is CNC1CCOCC1CCCCOC. The number of nitrogens with one attached hydrogen (secondary N) is 1. The van der Waals surface area contributed by atoms with Crippen molar-refractivity contribution in [2.45, 2.75) is 31.7 Å². The number of hydrogen-bond acceptors (Lipinski definition) is 3. The van der Waals surface area contributed by atoms with E-state index >= 15 is 0 Å². The van der Waals surface area contributed by atoms with E-state index in [0.717, 1.165) is 26.2 Å². The lowest BCUT2D eigenvalue weighted by atomic mass is 9.91. The van der Waals surface area contributed by atoms with Crippen molar-refractivity contribution in [2.24, 2.45) is 5.92 Å². The lowest BCUT2D eigenvalue weighted by molar-refractivity contribution is 0.0291. The molecule has 0 aliphatic carbocycles. The van der Waals surface area contributed by atoms with Gasteiger partial charge in [0.15, 0.2) is 0 Å². The molecule has 0 bridgehead atoms. The van der Waals surface area contributed by atoms with Crippen molar-refractivity contribution in [3.05, 3.63) is 0 Å². The molecule has 0 saturated carbocycles. The Balaban J connectivity index is 2.13. The molecule has 14 heavy (non-hydrogen) atoms. The second-order valence-electron chi connectivity index (χ2n) is 4.01. The zero-order chi connectivity index (χ0) is 10.2. The number of hydrogen-bond donors (Lipinski definition) is 1. The molecule has 0 amide bonds. The van der Waals surface area contributed by atoms with E-state index < -0.39 is 0 Å². The monoisotopic (exact) mass is 201 g/mol. The van der Waals surface area contributed by atoms with Crippen molar-refractivity contribution in [3.63, 3.8) is 0 Å². The molecule has 84 valence electrons. The van der Waals surface area contributed by atoms with Crippen molar-refractivity contribution in [1.29, 1.82) is 0 Å². The predicted octanol–water partition coefficient (Wildman–Crippen LogP) is 1.43. The summed E-state index contributed by atoms with van der Waals surface area (Å²) in [4.78, 5) is 0. The minimum absolute atomic E-state index is 0.659. The van der Waals surface area contributed by atoms with E-state index in [9.17, 15) is 0 Å². The molecule has 1 aliphatic rings. The van der Waals surface area contributed by atoms with Crippen molar-refractivity contribution in [2.75, 3.05) is 34.0 Å². The van der Waals surface area contributed by atoms with Crippen LogP contribution in [0.5, 0.6) is 0 Å². The normalized spacial score (nSPS) is 27.9. The van der Waals surface area contributed by atoms with Gasteiger partial charge in [-0.2, -0.15) is 0 Å². The molecule has 3 nitrogen and oxygen atoms in total. The van der Waals surface area contributed by atoms with E-state index in [1.54, 1.807) is 7.11 Å². The Kier molecular flexibility index (Phi) is 6.15. The van der Waals surface area contributed by atoms with Crippen LogP contribution < -0.4 is 5.32 Å². The highest BCUT2D eigenvalue weighted by atomic mass is 16.5. The number of methoxy groups -OCH3 is 1. The fraction of sp³-hybridized carbons (Fsp3) is 1.00. The van der Waals surface area contributed by atoms with E-state index in [4.69, 9.17) is 9.47 Å². The summed E-state index contributed by atoms with van der Waals surface area (Å²) in [6, 6.07) is 0.659. The standard InChI is InChI=1S/C11H23NO2/c1-12-11-6-8-14-9-10(11)5-3-4-7-13-2/h10-12H,3-9H2,1-2H3. The Morgan fingerprint density at radius 3 is 3.00 bits per heavy atom. The molecule has 2 unspecified atom stereocenters. The van der Waals surface area contributed by atoms with Crippen LogP contribution in [0.4, 0.5) is 0 Å². The van der Waals surface area contributed by atoms with Gasteiger partial charge in [0.1, 0.15) is 0 Å². The summed E-state index contributed by atoms with van der Waals surface area (Å²) in [7, 11) is 3.82. The van der Waals surface area contributed by atoms with Crippen LogP contribution >= 0.6 is 0 Å². The van der Waals surface area contributed by atoms with Gasteiger partial charge < -0.3 is 14.8 Å². The van der Waals surface area contributed by atoms with Crippen LogP contribution in [0.2, 0.25) is 0 Å². The Morgan fingerprint density at radius 1 is 1.43 bits per heavy atom. The number of ether oxygens (including phenoxy) is 2. The lowest BCUT2D eigenvalue weighted by Gasteiger charge is -2.31. The fourth-order valence-electron chi connectivity index (χ4n) is 2.11. The molecule has 2 atom stereocenters. The van der Waals surface area contributed by atoms with E-state index in [1.165, 1.54) is 19.3 Å². The smallest absolute Gasteiger partial charge is 0.0509 e. The Morgan fingerprint density at radius 2 is 2.29 bits per heavy atom. The molecule has 1 aliphatic heterocycles. The van der Waals surface area contributed by atoms with E-state index in [0.29, 0.717) is 12.0 Å². The van der Waals surface area contributed by atoms with Gasteiger partial charge in [-0.05, 0) is 32.2 Å². The third-order valence-electron chi connectivity index (χ3n) is 3.02. The first-order valence-electron chi connectivity index (χ1n) is 5.62. The number of unbranched alkanes of at least 4 members (excludes halogenated alkanes) is 1. The van der Waals surface area contributed by atoms with Crippen LogP contribution in [-0.4, -0.2) is 40.0 Å². The van der Waals surface area contributed by atoms with Crippen LogP contribution in [0.15, 0.2) is 0 Å². The van der Waals surface area contributed by atoms with Crippen LogP contribution in [0.1, 0.15) is 25.7 Å². The van der Waals surface area contributed by atoms with Gasteiger partial charge in [0.05, 0.1) is 6.61 Å². The van der Waals surface area contributed by atoms with Gasteiger partial charge in [0, 0.05) is 26.4 Å². The largest absolute Gasteiger partial charge is 0.385 e. The quantitative estimate of drug-likeness (QED) is 0.659. The molecular formula is C11H23NO2.